The molecule has 7 nitrogen and oxygen atoms in total. The number of aromatic amines is 1. The van der Waals surface area contributed by atoms with Gasteiger partial charge in [-0.25, -0.2) is 4.98 Å². The third kappa shape index (κ3) is 5.80. The number of hydrogen-bond donors (Lipinski definition) is 3. The molecular weight excluding hydrogens is 460 g/mol. The fourth-order valence-electron chi connectivity index (χ4n) is 4.17. The Hall–Kier alpha value is -3.01. The van der Waals surface area contributed by atoms with Gasteiger partial charge in [0.25, 0.3) is 0 Å². The largest absolute Gasteiger partial charge is 0.392 e. The highest BCUT2D eigenvalue weighted by Gasteiger charge is 2.32. The van der Waals surface area contributed by atoms with Crippen LogP contribution in [0.25, 0.3) is 11.1 Å². The minimum Gasteiger partial charge on any atom is -0.392 e. The molecular formula is C27H28N4O3S. The second kappa shape index (κ2) is 11.2. The van der Waals surface area contributed by atoms with Crippen LogP contribution in [0.5, 0.6) is 0 Å². The van der Waals surface area contributed by atoms with Crippen LogP contribution in [0, 0.1) is 0 Å². The molecule has 0 amide bonds. The number of thioether (sulfide) groups is 1. The highest BCUT2D eigenvalue weighted by molar-refractivity contribution is 7.99. The van der Waals surface area contributed by atoms with Crippen molar-refractivity contribution >= 4 is 11.8 Å². The molecule has 0 radical (unpaired) electrons. The zero-order valence-corrected chi connectivity index (χ0v) is 20.0. The van der Waals surface area contributed by atoms with E-state index in [1.54, 1.807) is 11.8 Å². The summed E-state index contributed by atoms with van der Waals surface area (Å²) in [7, 11) is 0. The number of nitrogens with zero attached hydrogens (tertiary/aromatic N) is 2. The SMILES string of the molecule is NCc1cccc(-c2ccc([C@@H]3O[C@H](CSc4ncn[nH]4)C[C@H](c4ccc(CO)cc4)O3)cc2)c1. The number of aliphatic hydroxyl groups is 1. The molecule has 0 saturated carbocycles. The van der Waals surface area contributed by atoms with Gasteiger partial charge >= 0.3 is 0 Å². The van der Waals surface area contributed by atoms with Gasteiger partial charge in [0.15, 0.2) is 11.4 Å². The Balaban J connectivity index is 1.36. The molecule has 1 fully saturated rings. The zero-order chi connectivity index (χ0) is 24.0. The number of nitrogens with two attached hydrogens (primary N) is 1. The van der Waals surface area contributed by atoms with Crippen LogP contribution in [-0.2, 0) is 22.6 Å². The maximum Gasteiger partial charge on any atom is 0.184 e. The highest BCUT2D eigenvalue weighted by atomic mass is 32.2. The Morgan fingerprint density at radius 3 is 2.46 bits per heavy atom. The third-order valence-corrected chi connectivity index (χ3v) is 7.10. The summed E-state index contributed by atoms with van der Waals surface area (Å²) in [5, 5.41) is 17.0. The average molecular weight is 489 g/mol. The number of rotatable bonds is 8. The van der Waals surface area contributed by atoms with E-state index in [0.717, 1.165) is 50.7 Å². The van der Waals surface area contributed by atoms with Gasteiger partial charge in [-0.05, 0) is 33.9 Å². The van der Waals surface area contributed by atoms with Crippen molar-refractivity contribution in [2.45, 2.75) is 43.2 Å². The second-order valence-corrected chi connectivity index (χ2v) is 9.49. The summed E-state index contributed by atoms with van der Waals surface area (Å²) in [5.74, 6) is 0.726. The fourth-order valence-corrected chi connectivity index (χ4v) is 4.97. The highest BCUT2D eigenvalue weighted by Crippen LogP contribution is 2.39. The Bertz CT molecular complexity index is 1220. The summed E-state index contributed by atoms with van der Waals surface area (Å²) in [5.41, 5.74) is 12.1. The lowest BCUT2D eigenvalue weighted by Crippen LogP contribution is -2.31. The van der Waals surface area contributed by atoms with Gasteiger partial charge in [0.2, 0.25) is 0 Å². The summed E-state index contributed by atoms with van der Waals surface area (Å²) in [4.78, 5) is 4.20. The fraction of sp³-hybridized carbons (Fsp3) is 0.259. The van der Waals surface area contributed by atoms with Gasteiger partial charge in [0.05, 0.1) is 18.8 Å². The third-order valence-electron chi connectivity index (χ3n) is 6.09. The maximum atomic E-state index is 9.39. The summed E-state index contributed by atoms with van der Waals surface area (Å²) < 4.78 is 12.8. The van der Waals surface area contributed by atoms with Crippen molar-refractivity contribution in [2.75, 3.05) is 5.75 Å². The molecule has 5 rings (SSSR count). The van der Waals surface area contributed by atoms with Crippen molar-refractivity contribution < 1.29 is 14.6 Å². The summed E-state index contributed by atoms with van der Waals surface area (Å²) >= 11 is 1.58. The van der Waals surface area contributed by atoms with E-state index in [9.17, 15) is 5.11 Å². The van der Waals surface area contributed by atoms with E-state index in [1.807, 2.05) is 36.4 Å². The predicted molar refractivity (Wildman–Crippen MR) is 135 cm³/mol. The summed E-state index contributed by atoms with van der Waals surface area (Å²) in [6.07, 6.45) is 1.58. The molecule has 0 unspecified atom stereocenters. The van der Waals surface area contributed by atoms with Crippen molar-refractivity contribution in [1.29, 1.82) is 0 Å². The van der Waals surface area contributed by atoms with E-state index in [-0.39, 0.29) is 18.8 Å². The predicted octanol–water partition coefficient (Wildman–Crippen LogP) is 4.76. The molecule has 1 aliphatic rings. The van der Waals surface area contributed by atoms with Crippen LogP contribution in [0.1, 0.15) is 41.1 Å². The van der Waals surface area contributed by atoms with Crippen LogP contribution in [-0.4, -0.2) is 32.1 Å². The summed E-state index contributed by atoms with van der Waals surface area (Å²) in [6, 6.07) is 24.5. The summed E-state index contributed by atoms with van der Waals surface area (Å²) in [6.45, 7) is 0.540. The lowest BCUT2D eigenvalue weighted by molar-refractivity contribution is -0.245. The lowest BCUT2D eigenvalue weighted by Gasteiger charge is -2.36. The van der Waals surface area contributed by atoms with E-state index in [1.165, 1.54) is 6.33 Å². The number of benzene rings is 3. The van der Waals surface area contributed by atoms with Gasteiger partial charge in [-0.1, -0.05) is 78.5 Å². The van der Waals surface area contributed by atoms with Crippen LogP contribution in [0.2, 0.25) is 0 Å². The van der Waals surface area contributed by atoms with Crippen molar-refractivity contribution in [3.63, 3.8) is 0 Å². The topological polar surface area (TPSA) is 106 Å². The monoisotopic (exact) mass is 488 g/mol. The first-order valence-electron chi connectivity index (χ1n) is 11.6. The number of nitrogens with one attached hydrogen (secondary N) is 1. The number of ether oxygens (including phenoxy) is 2. The Morgan fingerprint density at radius 2 is 1.74 bits per heavy atom. The molecule has 0 bridgehead atoms. The smallest absolute Gasteiger partial charge is 0.184 e. The van der Waals surface area contributed by atoms with E-state index in [2.05, 4.69) is 51.6 Å². The Kier molecular flexibility index (Phi) is 7.56. The molecule has 1 aromatic heterocycles. The van der Waals surface area contributed by atoms with E-state index >= 15 is 0 Å². The van der Waals surface area contributed by atoms with Crippen LogP contribution in [0.15, 0.2) is 84.3 Å². The second-order valence-electron chi connectivity index (χ2n) is 8.48. The van der Waals surface area contributed by atoms with Crippen molar-refractivity contribution in [1.82, 2.24) is 15.2 Å². The molecule has 1 aliphatic heterocycles. The number of hydrogen-bond acceptors (Lipinski definition) is 7. The first kappa shape index (κ1) is 23.7. The molecule has 1 saturated heterocycles. The van der Waals surface area contributed by atoms with Crippen LogP contribution >= 0.6 is 11.8 Å². The van der Waals surface area contributed by atoms with Gasteiger partial charge in [-0.15, -0.1) is 0 Å². The first-order chi connectivity index (χ1) is 17.2. The maximum absolute atomic E-state index is 9.39. The standard InChI is InChI=1S/C27H28N4O3S/c28-14-19-2-1-3-23(12-19)20-8-10-22(11-9-20)26-33-24(16-35-27-29-17-30-31-27)13-25(34-26)21-6-4-18(15-32)5-7-21/h1-12,17,24-26,32H,13-16,28H2,(H,29,30,31)/t24-,25+,26+/m0/s1. The zero-order valence-electron chi connectivity index (χ0n) is 19.2. The molecule has 0 aliphatic carbocycles. The van der Waals surface area contributed by atoms with E-state index < -0.39 is 6.29 Å². The normalized spacial score (nSPS) is 20.1. The molecule has 8 heteroatoms. The number of aliphatic hydroxyl groups excluding tert-OH is 1. The van der Waals surface area contributed by atoms with Gasteiger partial charge in [0, 0.05) is 24.3 Å². The van der Waals surface area contributed by atoms with Crippen molar-refractivity contribution in [2.24, 2.45) is 5.73 Å². The molecule has 2 heterocycles. The quantitative estimate of drug-likeness (QED) is 0.307. The van der Waals surface area contributed by atoms with Crippen LogP contribution in [0.3, 0.4) is 0 Å². The number of H-pyrrole nitrogens is 1. The van der Waals surface area contributed by atoms with Gasteiger partial charge in [0.1, 0.15) is 6.33 Å². The Morgan fingerprint density at radius 1 is 0.943 bits per heavy atom. The minimum absolute atomic E-state index is 0.0223. The van der Waals surface area contributed by atoms with Gasteiger partial charge in [-0.3, -0.25) is 5.10 Å². The Labute approximate surface area is 208 Å². The van der Waals surface area contributed by atoms with Gasteiger partial charge < -0.3 is 20.3 Å². The molecule has 4 N–H and O–H groups in total. The molecule has 3 aromatic carbocycles. The minimum atomic E-state index is -0.490. The lowest BCUT2D eigenvalue weighted by atomic mass is 9.99. The van der Waals surface area contributed by atoms with Crippen LogP contribution < -0.4 is 5.73 Å². The molecule has 4 aromatic rings. The van der Waals surface area contributed by atoms with Crippen LogP contribution in [0.4, 0.5) is 0 Å². The van der Waals surface area contributed by atoms with Crippen molar-refractivity contribution in [3.8, 4) is 11.1 Å². The van der Waals surface area contributed by atoms with Gasteiger partial charge in [-0.2, -0.15) is 5.10 Å². The first-order valence-corrected chi connectivity index (χ1v) is 12.6. The molecule has 0 spiro atoms. The molecule has 3 atom stereocenters. The number of aromatic nitrogens is 3. The van der Waals surface area contributed by atoms with E-state index in [4.69, 9.17) is 15.2 Å². The van der Waals surface area contributed by atoms with E-state index in [0.29, 0.717) is 6.54 Å². The van der Waals surface area contributed by atoms with Crippen molar-refractivity contribution in [3.05, 3.63) is 101 Å². The molecule has 35 heavy (non-hydrogen) atoms. The molecule has 180 valence electrons. The average Bonchev–Trinajstić information content (AvgIpc) is 3.46.